The Labute approximate surface area is 207 Å². The molecule has 7 nitrogen and oxygen atoms in total. The van der Waals surface area contributed by atoms with Crippen molar-refractivity contribution in [1.29, 1.82) is 0 Å². The molecule has 1 saturated heterocycles. The molecular formula is C25H30N4O3S2. The van der Waals surface area contributed by atoms with Crippen LogP contribution in [0, 0.1) is 0 Å². The van der Waals surface area contributed by atoms with Gasteiger partial charge in [0.1, 0.15) is 4.83 Å². The number of thioether (sulfide) groups is 1. The molecule has 2 aromatic heterocycles. The number of thiophene rings is 1. The molecule has 1 aromatic carbocycles. The summed E-state index contributed by atoms with van der Waals surface area (Å²) in [5.74, 6) is 0.193. The van der Waals surface area contributed by atoms with Gasteiger partial charge in [0, 0.05) is 25.2 Å². The summed E-state index contributed by atoms with van der Waals surface area (Å²) in [5, 5.41) is 6.24. The molecule has 2 fully saturated rings. The predicted octanol–water partition coefficient (Wildman–Crippen LogP) is 3.69. The smallest absolute Gasteiger partial charge is 0.267 e. The van der Waals surface area contributed by atoms with E-state index in [9.17, 15) is 9.59 Å². The second-order valence-corrected chi connectivity index (χ2v) is 10.8. The van der Waals surface area contributed by atoms with Gasteiger partial charge in [-0.2, -0.15) is 0 Å². The van der Waals surface area contributed by atoms with Gasteiger partial charge in [-0.05, 0) is 36.4 Å². The van der Waals surface area contributed by atoms with Crippen molar-refractivity contribution in [2.24, 2.45) is 0 Å². The summed E-state index contributed by atoms with van der Waals surface area (Å²) in [6.45, 7) is 4.05. The average Bonchev–Trinajstić information content (AvgIpc) is 3.37. The summed E-state index contributed by atoms with van der Waals surface area (Å²) in [6, 6.07) is 11.3. The quantitative estimate of drug-likeness (QED) is 0.396. The van der Waals surface area contributed by atoms with E-state index in [2.05, 4.69) is 10.2 Å². The first-order valence-electron chi connectivity index (χ1n) is 11.9. The van der Waals surface area contributed by atoms with Gasteiger partial charge < -0.3 is 10.1 Å². The van der Waals surface area contributed by atoms with Crippen LogP contribution in [-0.2, 0) is 9.53 Å². The topological polar surface area (TPSA) is 76.5 Å². The second kappa shape index (κ2) is 10.6. The van der Waals surface area contributed by atoms with Gasteiger partial charge in [-0.15, -0.1) is 11.3 Å². The molecule has 5 rings (SSSR count). The van der Waals surface area contributed by atoms with Crippen molar-refractivity contribution in [2.45, 2.75) is 42.8 Å². The van der Waals surface area contributed by atoms with E-state index in [-0.39, 0.29) is 22.8 Å². The molecule has 0 spiro atoms. The van der Waals surface area contributed by atoms with E-state index in [4.69, 9.17) is 9.72 Å². The van der Waals surface area contributed by atoms with Gasteiger partial charge in [0.15, 0.2) is 5.16 Å². The Balaban J connectivity index is 1.30. The first kappa shape index (κ1) is 23.5. The average molecular weight is 499 g/mol. The molecule has 180 valence electrons. The van der Waals surface area contributed by atoms with Gasteiger partial charge in [0.2, 0.25) is 5.91 Å². The van der Waals surface area contributed by atoms with Crippen LogP contribution in [0.2, 0.25) is 0 Å². The molecule has 34 heavy (non-hydrogen) atoms. The maximum atomic E-state index is 13.2. The minimum atomic E-state index is -0.103. The predicted molar refractivity (Wildman–Crippen MR) is 137 cm³/mol. The van der Waals surface area contributed by atoms with Crippen LogP contribution in [0.5, 0.6) is 0 Å². The number of nitrogens with one attached hydrogen (secondary N) is 1. The highest BCUT2D eigenvalue weighted by molar-refractivity contribution is 7.99. The molecule has 0 unspecified atom stereocenters. The van der Waals surface area contributed by atoms with E-state index >= 15 is 0 Å². The van der Waals surface area contributed by atoms with Crippen LogP contribution < -0.4 is 10.9 Å². The number of morpholine rings is 1. The summed E-state index contributed by atoms with van der Waals surface area (Å²) < 4.78 is 7.18. The number of ether oxygens (including phenoxy) is 1. The molecule has 9 heteroatoms. The SMILES string of the molecule is O=C(CSc1nc2sccc2c(=O)n1-c1ccccc1)NCC1(N2CCOCC2)CCCCC1. The maximum absolute atomic E-state index is 13.2. The standard InChI is InChI=1S/C25H30N4O3S2/c30-21(26-18-25(10-5-2-6-11-25)28-12-14-32-15-13-28)17-34-24-27-22-20(9-16-33-22)23(31)29(24)19-7-3-1-4-8-19/h1,3-4,7-9,16H,2,5-6,10-15,17-18H2,(H,26,30). The van der Waals surface area contributed by atoms with Gasteiger partial charge >= 0.3 is 0 Å². The highest BCUT2D eigenvalue weighted by atomic mass is 32.2. The first-order valence-corrected chi connectivity index (χ1v) is 13.8. The summed E-state index contributed by atoms with van der Waals surface area (Å²) in [7, 11) is 0. The number of para-hydroxylation sites is 1. The normalized spacial score (nSPS) is 18.7. The largest absolute Gasteiger partial charge is 0.379 e. The van der Waals surface area contributed by atoms with Crippen LogP contribution in [0.4, 0.5) is 0 Å². The zero-order valence-electron chi connectivity index (χ0n) is 19.2. The maximum Gasteiger partial charge on any atom is 0.267 e. The van der Waals surface area contributed by atoms with Crippen molar-refractivity contribution in [3.8, 4) is 5.69 Å². The fourth-order valence-corrected chi connectivity index (χ4v) is 6.74. The number of rotatable bonds is 7. The molecule has 1 aliphatic carbocycles. The van der Waals surface area contributed by atoms with Crippen molar-refractivity contribution < 1.29 is 9.53 Å². The number of hydrogen-bond acceptors (Lipinski definition) is 7. The highest BCUT2D eigenvalue weighted by Gasteiger charge is 2.38. The lowest BCUT2D eigenvalue weighted by atomic mass is 9.79. The number of hydrogen-bond donors (Lipinski definition) is 1. The number of amides is 1. The van der Waals surface area contributed by atoms with E-state index in [0.29, 0.717) is 21.9 Å². The number of benzene rings is 1. The fourth-order valence-electron chi connectivity index (χ4n) is 5.09. The summed E-state index contributed by atoms with van der Waals surface area (Å²) >= 11 is 2.76. The first-order chi connectivity index (χ1) is 16.7. The molecular weight excluding hydrogens is 468 g/mol. The third kappa shape index (κ3) is 4.93. The van der Waals surface area contributed by atoms with E-state index in [1.807, 2.05) is 41.8 Å². The molecule has 3 heterocycles. The minimum Gasteiger partial charge on any atom is -0.379 e. The van der Waals surface area contributed by atoms with E-state index in [1.165, 1.54) is 42.4 Å². The van der Waals surface area contributed by atoms with Gasteiger partial charge in [0.05, 0.1) is 30.0 Å². The third-order valence-electron chi connectivity index (χ3n) is 6.89. The Kier molecular flexibility index (Phi) is 7.34. The summed E-state index contributed by atoms with van der Waals surface area (Å²) in [5.41, 5.74) is 0.682. The van der Waals surface area contributed by atoms with Gasteiger partial charge in [0.25, 0.3) is 5.56 Å². The Hall–Kier alpha value is -2.20. The van der Waals surface area contributed by atoms with Gasteiger partial charge in [-0.25, -0.2) is 4.98 Å². The Morgan fingerprint density at radius 2 is 1.88 bits per heavy atom. The monoisotopic (exact) mass is 498 g/mol. The van der Waals surface area contributed by atoms with Crippen LogP contribution in [0.25, 0.3) is 15.9 Å². The lowest BCUT2D eigenvalue weighted by Gasteiger charge is -2.48. The van der Waals surface area contributed by atoms with E-state index < -0.39 is 0 Å². The molecule has 1 N–H and O–H groups in total. The van der Waals surface area contributed by atoms with Gasteiger partial charge in [-0.3, -0.25) is 19.1 Å². The van der Waals surface area contributed by atoms with Gasteiger partial charge in [-0.1, -0.05) is 49.2 Å². The number of aromatic nitrogens is 2. The molecule has 1 aliphatic heterocycles. The second-order valence-electron chi connectivity index (χ2n) is 8.96. The summed E-state index contributed by atoms with van der Waals surface area (Å²) in [4.78, 5) is 34.1. The zero-order chi connectivity index (χ0) is 23.4. The van der Waals surface area contributed by atoms with Crippen LogP contribution in [0.15, 0.2) is 51.7 Å². The van der Waals surface area contributed by atoms with Crippen molar-refractivity contribution in [3.05, 3.63) is 52.1 Å². The Morgan fingerprint density at radius 3 is 2.65 bits per heavy atom. The Morgan fingerprint density at radius 1 is 1.12 bits per heavy atom. The highest BCUT2D eigenvalue weighted by Crippen LogP contribution is 2.34. The van der Waals surface area contributed by atoms with Crippen LogP contribution in [0.1, 0.15) is 32.1 Å². The summed E-state index contributed by atoms with van der Waals surface area (Å²) in [6.07, 6.45) is 5.91. The molecule has 0 radical (unpaired) electrons. The van der Waals surface area contributed by atoms with Crippen molar-refractivity contribution in [3.63, 3.8) is 0 Å². The Bertz CT molecular complexity index is 1180. The van der Waals surface area contributed by atoms with Crippen molar-refractivity contribution in [2.75, 3.05) is 38.6 Å². The molecule has 1 amide bonds. The van der Waals surface area contributed by atoms with Crippen LogP contribution in [-0.4, -0.2) is 64.5 Å². The fraction of sp³-hybridized carbons (Fsp3) is 0.480. The van der Waals surface area contributed by atoms with E-state index in [1.54, 1.807) is 4.57 Å². The van der Waals surface area contributed by atoms with E-state index in [0.717, 1.165) is 44.8 Å². The van der Waals surface area contributed by atoms with Crippen molar-refractivity contribution in [1.82, 2.24) is 19.8 Å². The number of carbonyl (C=O) groups is 1. The van der Waals surface area contributed by atoms with Crippen molar-refractivity contribution >= 4 is 39.2 Å². The molecule has 0 bridgehead atoms. The zero-order valence-corrected chi connectivity index (χ0v) is 20.8. The number of nitrogens with zero attached hydrogens (tertiary/aromatic N) is 3. The molecule has 3 aromatic rings. The number of fused-ring (bicyclic) bond motifs is 1. The lowest BCUT2D eigenvalue weighted by Crippen LogP contribution is -2.59. The minimum absolute atomic E-state index is 0.0247. The number of carbonyl (C=O) groups excluding carboxylic acids is 1. The lowest BCUT2D eigenvalue weighted by molar-refractivity contribution is -0.119. The molecule has 1 saturated carbocycles. The third-order valence-corrected chi connectivity index (χ3v) is 8.64. The molecule has 0 atom stereocenters. The van der Waals surface area contributed by atoms with Crippen LogP contribution in [0.3, 0.4) is 0 Å². The van der Waals surface area contributed by atoms with Crippen LogP contribution >= 0.6 is 23.1 Å². The molecule has 2 aliphatic rings.